The summed E-state index contributed by atoms with van der Waals surface area (Å²) in [6.07, 6.45) is 5.18. The number of hydrogen-bond donors (Lipinski definition) is 2. The molecule has 0 bridgehead atoms. The van der Waals surface area contributed by atoms with E-state index in [1.807, 2.05) is 0 Å². The monoisotopic (exact) mass is 390 g/mol. The highest BCUT2D eigenvalue weighted by molar-refractivity contribution is 5.89. The first-order valence-electron chi connectivity index (χ1n) is 9.90. The Balaban J connectivity index is 1.44. The SMILES string of the molecule is O=C(Nc1ccc(F)cc1)NC1CCN(C(=O)CN2CCCCCCC2=O)C1. The number of likely N-dealkylation sites (tertiary alicyclic amines) is 2. The molecule has 28 heavy (non-hydrogen) atoms. The molecule has 0 aromatic heterocycles. The first-order valence-corrected chi connectivity index (χ1v) is 9.90. The molecule has 0 saturated carbocycles. The van der Waals surface area contributed by atoms with Crippen LogP contribution in [0.2, 0.25) is 0 Å². The van der Waals surface area contributed by atoms with Crippen molar-refractivity contribution in [1.29, 1.82) is 0 Å². The van der Waals surface area contributed by atoms with E-state index in [-0.39, 0.29) is 36.2 Å². The average molecular weight is 390 g/mol. The van der Waals surface area contributed by atoms with Crippen LogP contribution in [0.25, 0.3) is 0 Å². The van der Waals surface area contributed by atoms with Gasteiger partial charge in [0.25, 0.3) is 0 Å². The minimum Gasteiger partial charge on any atom is -0.339 e. The maximum absolute atomic E-state index is 12.9. The molecule has 152 valence electrons. The van der Waals surface area contributed by atoms with Crippen LogP contribution in [0.3, 0.4) is 0 Å². The third kappa shape index (κ3) is 5.68. The Hall–Kier alpha value is -2.64. The van der Waals surface area contributed by atoms with Gasteiger partial charge in [-0.05, 0) is 43.5 Å². The van der Waals surface area contributed by atoms with Crippen LogP contribution in [0.4, 0.5) is 14.9 Å². The van der Waals surface area contributed by atoms with Gasteiger partial charge in [0, 0.05) is 37.8 Å². The predicted molar refractivity (Wildman–Crippen MR) is 103 cm³/mol. The smallest absolute Gasteiger partial charge is 0.319 e. The summed E-state index contributed by atoms with van der Waals surface area (Å²) in [7, 11) is 0. The normalized spacial score (nSPS) is 20.5. The van der Waals surface area contributed by atoms with E-state index in [0.717, 1.165) is 25.7 Å². The molecule has 1 aromatic carbocycles. The Morgan fingerprint density at radius 2 is 1.82 bits per heavy atom. The predicted octanol–water partition coefficient (Wildman–Crippen LogP) is 2.34. The second-order valence-electron chi connectivity index (χ2n) is 7.41. The van der Waals surface area contributed by atoms with Crippen LogP contribution in [0.1, 0.15) is 38.5 Å². The zero-order valence-corrected chi connectivity index (χ0v) is 16.0. The quantitative estimate of drug-likeness (QED) is 0.828. The molecule has 0 spiro atoms. The highest BCUT2D eigenvalue weighted by atomic mass is 19.1. The maximum atomic E-state index is 12.9. The maximum Gasteiger partial charge on any atom is 0.319 e. The lowest BCUT2D eigenvalue weighted by atomic mass is 10.1. The molecular formula is C20H27FN4O3. The van der Waals surface area contributed by atoms with Crippen molar-refractivity contribution in [2.45, 2.75) is 44.6 Å². The largest absolute Gasteiger partial charge is 0.339 e. The highest BCUT2D eigenvalue weighted by Crippen LogP contribution is 2.14. The van der Waals surface area contributed by atoms with Gasteiger partial charge in [-0.3, -0.25) is 9.59 Å². The van der Waals surface area contributed by atoms with Crippen molar-refractivity contribution in [1.82, 2.24) is 15.1 Å². The van der Waals surface area contributed by atoms with Gasteiger partial charge < -0.3 is 20.4 Å². The second-order valence-corrected chi connectivity index (χ2v) is 7.41. The minimum absolute atomic E-state index is 0.0561. The zero-order chi connectivity index (χ0) is 19.9. The number of urea groups is 1. The van der Waals surface area contributed by atoms with Crippen LogP contribution in [-0.2, 0) is 9.59 Å². The molecule has 8 heteroatoms. The summed E-state index contributed by atoms with van der Waals surface area (Å²) in [6, 6.07) is 4.99. The van der Waals surface area contributed by atoms with E-state index in [4.69, 9.17) is 0 Å². The number of nitrogens with zero attached hydrogens (tertiary/aromatic N) is 2. The summed E-state index contributed by atoms with van der Waals surface area (Å²) in [5, 5.41) is 5.49. The van der Waals surface area contributed by atoms with Gasteiger partial charge in [-0.15, -0.1) is 0 Å². The Morgan fingerprint density at radius 1 is 1.07 bits per heavy atom. The lowest BCUT2D eigenvalue weighted by Crippen LogP contribution is -2.45. The highest BCUT2D eigenvalue weighted by Gasteiger charge is 2.29. The van der Waals surface area contributed by atoms with Gasteiger partial charge in [0.15, 0.2) is 0 Å². The molecule has 1 atom stereocenters. The van der Waals surface area contributed by atoms with E-state index in [2.05, 4.69) is 10.6 Å². The van der Waals surface area contributed by atoms with E-state index in [9.17, 15) is 18.8 Å². The lowest BCUT2D eigenvalue weighted by molar-refractivity contribution is -0.140. The van der Waals surface area contributed by atoms with E-state index in [1.165, 1.54) is 24.3 Å². The molecule has 2 aliphatic heterocycles. The van der Waals surface area contributed by atoms with Crippen molar-refractivity contribution >= 4 is 23.5 Å². The van der Waals surface area contributed by atoms with Gasteiger partial charge in [-0.25, -0.2) is 9.18 Å². The van der Waals surface area contributed by atoms with Crippen molar-refractivity contribution in [2.24, 2.45) is 0 Å². The van der Waals surface area contributed by atoms with E-state index < -0.39 is 0 Å². The second kappa shape index (κ2) is 9.52. The molecule has 0 aliphatic carbocycles. The molecule has 0 radical (unpaired) electrons. The third-order valence-electron chi connectivity index (χ3n) is 5.23. The Morgan fingerprint density at radius 3 is 2.61 bits per heavy atom. The first-order chi connectivity index (χ1) is 13.5. The number of benzene rings is 1. The molecule has 7 nitrogen and oxygen atoms in total. The van der Waals surface area contributed by atoms with Crippen LogP contribution in [0.5, 0.6) is 0 Å². The minimum atomic E-state index is -0.384. The van der Waals surface area contributed by atoms with Crippen molar-refractivity contribution in [3.63, 3.8) is 0 Å². The van der Waals surface area contributed by atoms with Crippen LogP contribution < -0.4 is 10.6 Å². The Bertz CT molecular complexity index is 710. The third-order valence-corrected chi connectivity index (χ3v) is 5.23. The number of rotatable bonds is 4. The molecule has 1 unspecified atom stereocenters. The molecule has 2 aliphatic rings. The van der Waals surface area contributed by atoms with Crippen molar-refractivity contribution in [3.8, 4) is 0 Å². The van der Waals surface area contributed by atoms with Crippen LogP contribution in [0.15, 0.2) is 24.3 Å². The molecule has 4 amide bonds. The summed E-state index contributed by atoms with van der Waals surface area (Å²) in [6.45, 7) is 1.74. The number of halogens is 1. The van der Waals surface area contributed by atoms with Gasteiger partial charge in [-0.1, -0.05) is 12.8 Å². The van der Waals surface area contributed by atoms with Crippen molar-refractivity contribution in [2.75, 3.05) is 31.5 Å². The Labute approximate surface area is 164 Å². The lowest BCUT2D eigenvalue weighted by Gasteiger charge is -2.26. The topological polar surface area (TPSA) is 81.8 Å². The molecule has 2 saturated heterocycles. The fraction of sp³-hybridized carbons (Fsp3) is 0.550. The fourth-order valence-electron chi connectivity index (χ4n) is 3.64. The fourth-order valence-corrected chi connectivity index (χ4v) is 3.64. The number of carbonyl (C=O) groups is 3. The summed E-state index contributed by atoms with van der Waals surface area (Å²) in [4.78, 5) is 40.2. The Kier molecular flexibility index (Phi) is 6.84. The van der Waals surface area contributed by atoms with Crippen LogP contribution >= 0.6 is 0 Å². The van der Waals surface area contributed by atoms with E-state index in [1.54, 1.807) is 9.80 Å². The van der Waals surface area contributed by atoms with Gasteiger partial charge in [-0.2, -0.15) is 0 Å². The number of anilines is 1. The van der Waals surface area contributed by atoms with Crippen molar-refractivity contribution < 1.29 is 18.8 Å². The molecule has 2 heterocycles. The van der Waals surface area contributed by atoms with Gasteiger partial charge in [0.2, 0.25) is 11.8 Å². The number of amides is 4. The molecule has 2 N–H and O–H groups in total. The number of carbonyl (C=O) groups excluding carboxylic acids is 3. The standard InChI is InChI=1S/C20H27FN4O3/c21-15-6-8-16(9-7-15)22-20(28)23-17-10-12-25(13-17)19(27)14-24-11-4-2-1-3-5-18(24)26/h6-9,17H,1-5,10-14H2,(H2,22,23,28). The van der Waals surface area contributed by atoms with Gasteiger partial charge in [0.05, 0.1) is 6.54 Å². The summed E-state index contributed by atoms with van der Waals surface area (Å²) in [5.41, 5.74) is 0.500. The van der Waals surface area contributed by atoms with Gasteiger partial charge in [0.1, 0.15) is 5.82 Å². The summed E-state index contributed by atoms with van der Waals surface area (Å²) >= 11 is 0. The number of nitrogens with one attached hydrogen (secondary N) is 2. The average Bonchev–Trinajstić information content (AvgIpc) is 3.12. The molecule has 2 fully saturated rings. The van der Waals surface area contributed by atoms with Crippen LogP contribution in [-0.4, -0.2) is 59.9 Å². The summed E-state index contributed by atoms with van der Waals surface area (Å²) in [5.74, 6) is -0.382. The number of hydrogen-bond acceptors (Lipinski definition) is 3. The van der Waals surface area contributed by atoms with E-state index in [0.29, 0.717) is 38.2 Å². The van der Waals surface area contributed by atoms with E-state index >= 15 is 0 Å². The first kappa shape index (κ1) is 20.1. The molecule has 3 rings (SSSR count). The zero-order valence-electron chi connectivity index (χ0n) is 16.0. The van der Waals surface area contributed by atoms with Crippen LogP contribution in [0, 0.1) is 5.82 Å². The molecular weight excluding hydrogens is 363 g/mol. The summed E-state index contributed by atoms with van der Waals surface area (Å²) < 4.78 is 12.9. The van der Waals surface area contributed by atoms with Gasteiger partial charge >= 0.3 is 6.03 Å². The van der Waals surface area contributed by atoms with Crippen molar-refractivity contribution in [3.05, 3.63) is 30.1 Å². The molecule has 1 aromatic rings.